The lowest BCUT2D eigenvalue weighted by Crippen LogP contribution is -2.60. The second-order valence-corrected chi connectivity index (χ2v) is 8.22. The maximum absolute atomic E-state index is 12.5. The molecule has 1 aromatic rings. The van der Waals surface area contributed by atoms with Gasteiger partial charge in [0.25, 0.3) is 11.8 Å². The van der Waals surface area contributed by atoms with Crippen molar-refractivity contribution in [2.24, 2.45) is 11.1 Å². The molecule has 1 spiro atoms. The fourth-order valence-electron chi connectivity index (χ4n) is 4.66. The summed E-state index contributed by atoms with van der Waals surface area (Å²) in [7, 11) is 0. The Morgan fingerprint density at radius 1 is 1.29 bits per heavy atom. The first-order valence-corrected chi connectivity index (χ1v) is 9.83. The van der Waals surface area contributed by atoms with Crippen LogP contribution in [-0.4, -0.2) is 58.9 Å². The minimum Gasteiger partial charge on any atom is -0.474 e. The lowest BCUT2D eigenvalue weighted by Gasteiger charge is -2.58. The van der Waals surface area contributed by atoms with Crippen molar-refractivity contribution in [1.29, 1.82) is 0 Å². The molecule has 1 atom stereocenters. The molecule has 9 nitrogen and oxygen atoms in total. The zero-order valence-electron chi connectivity index (χ0n) is 16.4. The van der Waals surface area contributed by atoms with Crippen molar-refractivity contribution in [3.63, 3.8) is 0 Å². The van der Waals surface area contributed by atoms with Crippen LogP contribution in [0.15, 0.2) is 18.3 Å². The summed E-state index contributed by atoms with van der Waals surface area (Å²) >= 11 is 0. The van der Waals surface area contributed by atoms with Gasteiger partial charge in [0.15, 0.2) is 0 Å². The quantitative estimate of drug-likeness (QED) is 0.620. The monoisotopic (exact) mass is 442 g/mol. The number of nitrogens with two attached hydrogens (primary N) is 1. The summed E-state index contributed by atoms with van der Waals surface area (Å²) in [6.07, 6.45) is -1.10. The van der Waals surface area contributed by atoms with Crippen LogP contribution in [0.4, 0.5) is 18.0 Å². The molecule has 31 heavy (non-hydrogen) atoms. The smallest absolute Gasteiger partial charge is 0.474 e. The second kappa shape index (κ2) is 7.66. The molecule has 2 saturated carbocycles. The van der Waals surface area contributed by atoms with Gasteiger partial charge in [-0.05, 0) is 43.2 Å². The van der Waals surface area contributed by atoms with Crippen molar-refractivity contribution in [3.05, 3.63) is 23.9 Å². The summed E-state index contributed by atoms with van der Waals surface area (Å²) in [4.78, 5) is 41.2. The predicted molar refractivity (Wildman–Crippen MR) is 97.6 cm³/mol. The molecule has 4 amide bonds. The number of urea groups is 1. The number of carbonyl (C=O) groups is 3. The number of ether oxygens (including phenoxy) is 2. The molecule has 168 valence electrons. The lowest BCUT2D eigenvalue weighted by molar-refractivity contribution is -0.324. The van der Waals surface area contributed by atoms with Crippen LogP contribution in [0.25, 0.3) is 0 Å². The van der Waals surface area contributed by atoms with Crippen LogP contribution in [0, 0.1) is 5.41 Å². The van der Waals surface area contributed by atoms with Gasteiger partial charge in [0.05, 0.1) is 6.61 Å². The van der Waals surface area contributed by atoms with Gasteiger partial charge in [0.2, 0.25) is 5.88 Å². The summed E-state index contributed by atoms with van der Waals surface area (Å²) in [6.45, 7) is -0.706. The van der Waals surface area contributed by atoms with Gasteiger partial charge in [0, 0.05) is 18.7 Å². The zero-order valence-corrected chi connectivity index (χ0v) is 16.4. The molecular formula is C19H21F3N4O5. The number of imide groups is 1. The molecule has 1 aliphatic heterocycles. The molecule has 0 radical (unpaired) electrons. The van der Waals surface area contributed by atoms with Crippen molar-refractivity contribution in [3.8, 4) is 5.88 Å². The van der Waals surface area contributed by atoms with E-state index in [9.17, 15) is 27.6 Å². The van der Waals surface area contributed by atoms with Crippen LogP contribution in [0.3, 0.4) is 0 Å². The third-order valence-electron chi connectivity index (χ3n) is 6.06. The Morgan fingerprint density at radius 3 is 2.65 bits per heavy atom. The number of alkyl halides is 3. The van der Waals surface area contributed by atoms with Gasteiger partial charge in [-0.25, -0.2) is 9.78 Å². The lowest BCUT2D eigenvalue weighted by atomic mass is 9.52. The minimum absolute atomic E-state index is 0.0605. The van der Waals surface area contributed by atoms with Crippen molar-refractivity contribution in [2.75, 3.05) is 6.61 Å². The summed E-state index contributed by atoms with van der Waals surface area (Å²) in [5.74, 6) is -0.972. The van der Waals surface area contributed by atoms with E-state index in [-0.39, 0.29) is 35.4 Å². The van der Waals surface area contributed by atoms with Crippen molar-refractivity contribution < 1.29 is 37.0 Å². The Morgan fingerprint density at radius 2 is 2.00 bits per heavy atom. The zero-order chi connectivity index (χ0) is 22.4. The molecule has 1 aromatic heterocycles. The molecule has 2 aliphatic carbocycles. The number of nitrogens with one attached hydrogen (secondary N) is 1. The van der Waals surface area contributed by atoms with E-state index < -0.39 is 36.9 Å². The number of amides is 4. The van der Waals surface area contributed by atoms with Crippen LogP contribution in [0.1, 0.15) is 42.5 Å². The Kier molecular flexibility index (Phi) is 5.28. The van der Waals surface area contributed by atoms with Crippen LogP contribution in [0.2, 0.25) is 0 Å². The van der Waals surface area contributed by atoms with Gasteiger partial charge >= 0.3 is 12.4 Å². The highest BCUT2D eigenvalue weighted by Crippen LogP contribution is 2.58. The van der Waals surface area contributed by atoms with Gasteiger partial charge in [-0.3, -0.25) is 19.2 Å². The fourth-order valence-corrected chi connectivity index (χ4v) is 4.66. The minimum atomic E-state index is -4.78. The Balaban J connectivity index is 1.26. The number of halogens is 3. The van der Waals surface area contributed by atoms with Crippen LogP contribution < -0.4 is 15.8 Å². The molecule has 2 heterocycles. The fraction of sp³-hybridized carbons (Fsp3) is 0.579. The number of hydrogen-bond acceptors (Lipinski definition) is 6. The van der Waals surface area contributed by atoms with E-state index in [1.54, 1.807) is 6.07 Å². The summed E-state index contributed by atoms with van der Waals surface area (Å²) in [5, 5.41) is 2.42. The first-order chi connectivity index (χ1) is 14.6. The number of carbonyl (C=O) groups excluding carboxylic acids is 3. The first-order valence-electron chi connectivity index (χ1n) is 9.83. The average molecular weight is 442 g/mol. The summed E-state index contributed by atoms with van der Waals surface area (Å²) < 4.78 is 45.7. The molecule has 1 unspecified atom stereocenters. The highest BCUT2D eigenvalue weighted by atomic mass is 19.4. The van der Waals surface area contributed by atoms with Gasteiger partial charge in [-0.2, -0.15) is 0 Å². The number of nitrogens with zero attached hydrogens (tertiary/aromatic N) is 2. The highest BCUT2D eigenvalue weighted by molar-refractivity contribution is 6.04. The topological polar surface area (TPSA) is 124 Å². The number of aromatic nitrogens is 1. The van der Waals surface area contributed by atoms with E-state index >= 15 is 0 Å². The van der Waals surface area contributed by atoms with Gasteiger partial charge in [-0.15, -0.1) is 13.2 Å². The number of hydrogen-bond donors (Lipinski definition) is 2. The van der Waals surface area contributed by atoms with Gasteiger partial charge in [-0.1, -0.05) is 0 Å². The second-order valence-electron chi connectivity index (χ2n) is 8.22. The Hall–Kier alpha value is -2.89. The molecule has 12 heteroatoms. The molecule has 0 bridgehead atoms. The standard InChI is InChI=1S/C19H21F3N4O5/c20-19(21,22)30-5-3-13-16(28)26(17(29)25-13)10-6-18(7-10)8-11(9-18)31-15-12(14(23)27)2-1-4-24-15/h1-2,4,10-11,13H,3,5-9H2,(H2,23,27)(H,25,29). The Labute approximate surface area is 175 Å². The normalized spacial score (nSPS) is 30.0. The largest absolute Gasteiger partial charge is 0.522 e. The van der Waals surface area contributed by atoms with E-state index in [4.69, 9.17) is 10.5 Å². The summed E-state index contributed by atoms with van der Waals surface area (Å²) in [5.41, 5.74) is 5.46. The first kappa shape index (κ1) is 21.3. The van der Waals surface area contributed by atoms with E-state index in [0.717, 1.165) is 4.90 Å². The van der Waals surface area contributed by atoms with E-state index in [1.807, 2.05) is 0 Å². The van der Waals surface area contributed by atoms with Crippen molar-refractivity contribution in [1.82, 2.24) is 15.2 Å². The number of primary amides is 1. The van der Waals surface area contributed by atoms with E-state index in [0.29, 0.717) is 25.7 Å². The third-order valence-corrected chi connectivity index (χ3v) is 6.06. The molecule has 3 aliphatic rings. The number of pyridine rings is 1. The summed E-state index contributed by atoms with van der Waals surface area (Å²) in [6, 6.07) is 1.23. The Bertz CT molecular complexity index is 895. The van der Waals surface area contributed by atoms with Crippen LogP contribution in [-0.2, 0) is 9.53 Å². The van der Waals surface area contributed by atoms with Crippen molar-refractivity contribution >= 4 is 17.8 Å². The average Bonchev–Trinajstić information content (AvgIpc) is 2.89. The van der Waals surface area contributed by atoms with Crippen molar-refractivity contribution in [2.45, 2.75) is 56.7 Å². The van der Waals surface area contributed by atoms with Gasteiger partial charge < -0.3 is 15.8 Å². The van der Waals surface area contributed by atoms with Crippen LogP contribution >= 0.6 is 0 Å². The molecule has 4 rings (SSSR count). The van der Waals surface area contributed by atoms with E-state index in [1.165, 1.54) is 12.3 Å². The number of rotatable bonds is 7. The third kappa shape index (κ3) is 4.29. The maximum atomic E-state index is 12.5. The molecule has 3 N–H and O–H groups in total. The maximum Gasteiger partial charge on any atom is 0.522 e. The molecule has 0 aromatic carbocycles. The van der Waals surface area contributed by atoms with Gasteiger partial charge in [0.1, 0.15) is 17.7 Å². The van der Waals surface area contributed by atoms with E-state index in [2.05, 4.69) is 15.0 Å². The molecule has 3 fully saturated rings. The predicted octanol–water partition coefficient (Wildman–Crippen LogP) is 1.72. The molecule has 1 saturated heterocycles. The molecular weight excluding hydrogens is 421 g/mol. The highest BCUT2D eigenvalue weighted by Gasteiger charge is 2.58. The van der Waals surface area contributed by atoms with Crippen LogP contribution in [0.5, 0.6) is 5.88 Å². The SMILES string of the molecule is NC(=O)c1cccnc1OC1CC2(C1)CC(N1C(=O)NC(CCOC(F)(F)F)C1=O)C2.